The summed E-state index contributed by atoms with van der Waals surface area (Å²) in [6.07, 6.45) is 3.48. The number of hydrogen-bond acceptors (Lipinski definition) is 4. The molecule has 1 unspecified atom stereocenters. The van der Waals surface area contributed by atoms with Gasteiger partial charge in [0.2, 0.25) is 5.91 Å². The Morgan fingerprint density at radius 1 is 1.56 bits per heavy atom. The van der Waals surface area contributed by atoms with Crippen molar-refractivity contribution in [2.24, 2.45) is 16.3 Å². The normalized spacial score (nSPS) is 26.7. The lowest BCUT2D eigenvalue weighted by molar-refractivity contribution is -0.135. The maximum atomic E-state index is 12.6. The zero-order chi connectivity index (χ0) is 13.3. The second-order valence-corrected chi connectivity index (χ2v) is 5.62. The van der Waals surface area contributed by atoms with Gasteiger partial charge in [-0.2, -0.15) is 0 Å². The molecule has 0 spiro atoms. The number of hydrogen-bond donors (Lipinski definition) is 2. The SMILES string of the molecule is CN(C)CC1CCCN1C(=O)C1(C(N)=NO)CC1. The summed E-state index contributed by atoms with van der Waals surface area (Å²) in [5, 5.41) is 11.8. The first kappa shape index (κ1) is 13.1. The van der Waals surface area contributed by atoms with E-state index in [1.165, 1.54) is 0 Å². The Labute approximate surface area is 107 Å². The molecule has 1 saturated carbocycles. The highest BCUT2D eigenvalue weighted by Crippen LogP contribution is 2.48. The molecule has 1 aliphatic heterocycles. The molecular formula is C12H22N4O2. The molecule has 2 fully saturated rings. The molecule has 1 heterocycles. The van der Waals surface area contributed by atoms with Gasteiger partial charge >= 0.3 is 0 Å². The molecule has 0 aromatic heterocycles. The standard InChI is InChI=1S/C12H22N4O2/c1-15(2)8-9-4-3-7-16(9)11(17)12(5-6-12)10(13)14-18/h9,18H,3-8H2,1-2H3,(H2,13,14). The van der Waals surface area contributed by atoms with Crippen LogP contribution in [0.5, 0.6) is 0 Å². The van der Waals surface area contributed by atoms with Crippen LogP contribution in [0.1, 0.15) is 25.7 Å². The summed E-state index contributed by atoms with van der Waals surface area (Å²) in [5.41, 5.74) is 4.97. The maximum absolute atomic E-state index is 12.6. The highest BCUT2D eigenvalue weighted by molar-refractivity contribution is 6.09. The Balaban J connectivity index is 2.09. The molecule has 2 aliphatic rings. The summed E-state index contributed by atoms with van der Waals surface area (Å²) in [7, 11) is 4.02. The van der Waals surface area contributed by atoms with E-state index in [2.05, 4.69) is 10.1 Å². The molecule has 6 nitrogen and oxygen atoms in total. The monoisotopic (exact) mass is 254 g/mol. The zero-order valence-corrected chi connectivity index (χ0v) is 11.1. The number of amidine groups is 1. The van der Waals surface area contributed by atoms with Crippen LogP contribution in [0.15, 0.2) is 5.16 Å². The average Bonchev–Trinajstić information content (AvgIpc) is 3.02. The van der Waals surface area contributed by atoms with Crippen molar-refractivity contribution in [2.75, 3.05) is 27.2 Å². The summed E-state index contributed by atoms with van der Waals surface area (Å²) in [6.45, 7) is 1.66. The minimum absolute atomic E-state index is 0.0437. The lowest BCUT2D eigenvalue weighted by Gasteiger charge is -2.30. The molecule has 0 aromatic carbocycles. The number of rotatable bonds is 4. The van der Waals surface area contributed by atoms with Gasteiger partial charge in [0.1, 0.15) is 5.41 Å². The molecule has 1 amide bonds. The number of likely N-dealkylation sites (tertiary alicyclic amines) is 1. The van der Waals surface area contributed by atoms with Gasteiger partial charge in [0.05, 0.1) is 0 Å². The number of nitrogens with two attached hydrogens (primary N) is 1. The van der Waals surface area contributed by atoms with E-state index < -0.39 is 5.41 Å². The summed E-state index contributed by atoms with van der Waals surface area (Å²) < 4.78 is 0. The second-order valence-electron chi connectivity index (χ2n) is 5.62. The summed E-state index contributed by atoms with van der Waals surface area (Å²) in [5.74, 6) is 0.116. The van der Waals surface area contributed by atoms with Crippen molar-refractivity contribution < 1.29 is 10.0 Å². The molecule has 2 rings (SSSR count). The number of carbonyl (C=O) groups is 1. The van der Waals surface area contributed by atoms with Gasteiger partial charge in [-0.3, -0.25) is 4.79 Å². The van der Waals surface area contributed by atoms with Crippen molar-refractivity contribution in [3.63, 3.8) is 0 Å². The zero-order valence-electron chi connectivity index (χ0n) is 11.1. The Kier molecular flexibility index (Phi) is 3.47. The average molecular weight is 254 g/mol. The molecule has 6 heteroatoms. The topological polar surface area (TPSA) is 82.2 Å². The van der Waals surface area contributed by atoms with E-state index in [0.29, 0.717) is 12.8 Å². The van der Waals surface area contributed by atoms with E-state index in [4.69, 9.17) is 10.9 Å². The van der Waals surface area contributed by atoms with Crippen LogP contribution in [0.3, 0.4) is 0 Å². The van der Waals surface area contributed by atoms with E-state index in [1.54, 1.807) is 0 Å². The van der Waals surface area contributed by atoms with Crippen molar-refractivity contribution in [1.82, 2.24) is 9.80 Å². The minimum atomic E-state index is -0.705. The van der Waals surface area contributed by atoms with Crippen molar-refractivity contribution in [3.8, 4) is 0 Å². The van der Waals surface area contributed by atoms with E-state index in [1.807, 2.05) is 19.0 Å². The van der Waals surface area contributed by atoms with E-state index >= 15 is 0 Å². The Morgan fingerprint density at radius 3 is 2.72 bits per heavy atom. The van der Waals surface area contributed by atoms with Gasteiger partial charge in [0.15, 0.2) is 5.84 Å². The van der Waals surface area contributed by atoms with Crippen LogP contribution < -0.4 is 5.73 Å². The van der Waals surface area contributed by atoms with Crippen molar-refractivity contribution in [2.45, 2.75) is 31.7 Å². The fourth-order valence-electron chi connectivity index (χ4n) is 2.79. The minimum Gasteiger partial charge on any atom is -0.409 e. The van der Waals surface area contributed by atoms with E-state index in [9.17, 15) is 4.79 Å². The van der Waals surface area contributed by atoms with Crippen LogP contribution in [0, 0.1) is 5.41 Å². The predicted molar refractivity (Wildman–Crippen MR) is 68.4 cm³/mol. The molecule has 1 aliphatic carbocycles. The lowest BCUT2D eigenvalue weighted by Crippen LogP contribution is -2.48. The van der Waals surface area contributed by atoms with Crippen LogP contribution >= 0.6 is 0 Å². The molecule has 0 bridgehead atoms. The van der Waals surface area contributed by atoms with Gasteiger partial charge in [-0.1, -0.05) is 5.16 Å². The van der Waals surface area contributed by atoms with E-state index in [0.717, 1.165) is 25.9 Å². The Morgan fingerprint density at radius 2 is 2.22 bits per heavy atom. The number of amides is 1. The number of likely N-dealkylation sites (N-methyl/N-ethyl adjacent to an activating group) is 1. The quantitative estimate of drug-likeness (QED) is 0.322. The van der Waals surface area contributed by atoms with Crippen LogP contribution in [0.2, 0.25) is 0 Å². The second kappa shape index (κ2) is 4.76. The summed E-state index contributed by atoms with van der Waals surface area (Å²) in [4.78, 5) is 16.6. The third-order valence-electron chi connectivity index (χ3n) is 3.97. The third kappa shape index (κ3) is 2.16. The first-order valence-corrected chi connectivity index (χ1v) is 6.45. The number of nitrogens with zero attached hydrogens (tertiary/aromatic N) is 3. The molecule has 1 saturated heterocycles. The highest BCUT2D eigenvalue weighted by atomic mass is 16.4. The number of carbonyl (C=O) groups excluding carboxylic acids is 1. The summed E-state index contributed by atoms with van der Waals surface area (Å²) >= 11 is 0. The van der Waals surface area contributed by atoms with Crippen molar-refractivity contribution >= 4 is 11.7 Å². The smallest absolute Gasteiger partial charge is 0.236 e. The Bertz CT molecular complexity index is 363. The van der Waals surface area contributed by atoms with Crippen LogP contribution in [0.4, 0.5) is 0 Å². The molecular weight excluding hydrogens is 232 g/mol. The van der Waals surface area contributed by atoms with E-state index in [-0.39, 0.29) is 17.8 Å². The molecule has 1 atom stereocenters. The molecule has 18 heavy (non-hydrogen) atoms. The molecule has 0 aromatic rings. The van der Waals surface area contributed by atoms with Crippen molar-refractivity contribution in [1.29, 1.82) is 0 Å². The van der Waals surface area contributed by atoms with Gasteiger partial charge < -0.3 is 20.7 Å². The molecule has 0 radical (unpaired) electrons. The predicted octanol–water partition coefficient (Wildman–Crippen LogP) is 0.0656. The Hall–Kier alpha value is -1.30. The van der Waals surface area contributed by atoms with Gasteiger partial charge in [-0.05, 0) is 39.8 Å². The van der Waals surface area contributed by atoms with Crippen LogP contribution in [0.25, 0.3) is 0 Å². The third-order valence-corrected chi connectivity index (χ3v) is 3.97. The fraction of sp³-hybridized carbons (Fsp3) is 0.833. The van der Waals surface area contributed by atoms with Gasteiger partial charge in [0, 0.05) is 19.1 Å². The fourth-order valence-corrected chi connectivity index (χ4v) is 2.79. The van der Waals surface area contributed by atoms with Crippen LogP contribution in [-0.2, 0) is 4.79 Å². The lowest BCUT2D eigenvalue weighted by atomic mass is 10.0. The van der Waals surface area contributed by atoms with Gasteiger partial charge in [-0.25, -0.2) is 0 Å². The number of oxime groups is 1. The molecule has 102 valence electrons. The van der Waals surface area contributed by atoms with Gasteiger partial charge in [-0.15, -0.1) is 0 Å². The van der Waals surface area contributed by atoms with Crippen LogP contribution in [-0.4, -0.2) is 60.0 Å². The maximum Gasteiger partial charge on any atom is 0.236 e. The summed E-state index contributed by atoms with van der Waals surface area (Å²) in [6, 6.07) is 0.261. The first-order chi connectivity index (χ1) is 8.51. The largest absolute Gasteiger partial charge is 0.409 e. The highest BCUT2D eigenvalue weighted by Gasteiger charge is 2.56. The van der Waals surface area contributed by atoms with Gasteiger partial charge in [0.25, 0.3) is 0 Å². The first-order valence-electron chi connectivity index (χ1n) is 6.45. The van der Waals surface area contributed by atoms with Crippen molar-refractivity contribution in [3.05, 3.63) is 0 Å². The molecule has 3 N–H and O–H groups in total.